The van der Waals surface area contributed by atoms with Gasteiger partial charge in [0.25, 0.3) is 6.43 Å². The zero-order valence-electron chi connectivity index (χ0n) is 8.60. The molecule has 0 atom stereocenters. The van der Waals surface area contributed by atoms with Crippen molar-refractivity contribution in [3.8, 4) is 11.3 Å². The van der Waals surface area contributed by atoms with Crippen LogP contribution >= 0.6 is 11.6 Å². The third kappa shape index (κ3) is 1.83. The normalized spacial score (nSPS) is 11.1. The average Bonchev–Trinajstić information content (AvgIpc) is 2.74. The molecule has 0 aliphatic heterocycles. The molecule has 2 aromatic rings. The van der Waals surface area contributed by atoms with E-state index in [1.165, 1.54) is 6.07 Å². The van der Waals surface area contributed by atoms with Crippen LogP contribution in [-0.4, -0.2) is 4.98 Å². The summed E-state index contributed by atoms with van der Waals surface area (Å²) in [7, 11) is 0. The van der Waals surface area contributed by atoms with Gasteiger partial charge in [-0.25, -0.2) is 8.78 Å². The molecular formula is C12H10ClF2N. The summed E-state index contributed by atoms with van der Waals surface area (Å²) in [5, 5.41) is 0.375. The molecule has 1 N–H and O–H groups in total. The van der Waals surface area contributed by atoms with Crippen LogP contribution in [0.1, 0.15) is 17.6 Å². The number of rotatable bonds is 2. The number of alkyl halides is 2. The lowest BCUT2D eigenvalue weighted by molar-refractivity contribution is 0.152. The third-order valence-electron chi connectivity index (χ3n) is 2.47. The number of hydrogen-bond acceptors (Lipinski definition) is 0. The lowest BCUT2D eigenvalue weighted by Crippen LogP contribution is -1.93. The van der Waals surface area contributed by atoms with Gasteiger partial charge in [-0.15, -0.1) is 0 Å². The van der Waals surface area contributed by atoms with Crippen LogP contribution in [0.2, 0.25) is 5.02 Å². The van der Waals surface area contributed by atoms with E-state index in [1.807, 2.05) is 0 Å². The number of halogens is 3. The van der Waals surface area contributed by atoms with Gasteiger partial charge in [0.05, 0.1) is 5.02 Å². The van der Waals surface area contributed by atoms with E-state index in [9.17, 15) is 8.78 Å². The predicted octanol–water partition coefficient (Wildman–Crippen LogP) is 4.58. The molecule has 4 heteroatoms. The van der Waals surface area contributed by atoms with Gasteiger partial charge in [0.15, 0.2) is 0 Å². The second-order valence-electron chi connectivity index (χ2n) is 3.55. The van der Waals surface area contributed by atoms with Gasteiger partial charge in [-0.1, -0.05) is 23.7 Å². The summed E-state index contributed by atoms with van der Waals surface area (Å²) in [6.45, 7) is 1.80. The van der Waals surface area contributed by atoms with E-state index in [-0.39, 0.29) is 5.56 Å². The molecule has 0 aliphatic carbocycles. The average molecular weight is 242 g/mol. The lowest BCUT2D eigenvalue weighted by Gasteiger charge is -2.11. The number of aromatic amines is 1. The van der Waals surface area contributed by atoms with Crippen molar-refractivity contribution in [3.05, 3.63) is 46.6 Å². The quantitative estimate of drug-likeness (QED) is 0.792. The first-order chi connectivity index (χ1) is 7.61. The van der Waals surface area contributed by atoms with Gasteiger partial charge in [0.1, 0.15) is 0 Å². The highest BCUT2D eigenvalue weighted by atomic mass is 35.5. The largest absolute Gasteiger partial charge is 0.361 e. The van der Waals surface area contributed by atoms with E-state index < -0.39 is 6.43 Å². The zero-order valence-corrected chi connectivity index (χ0v) is 9.35. The van der Waals surface area contributed by atoms with Crippen LogP contribution in [0.5, 0.6) is 0 Å². The molecule has 0 bridgehead atoms. The summed E-state index contributed by atoms with van der Waals surface area (Å²) in [6, 6.07) is 6.51. The van der Waals surface area contributed by atoms with Crippen LogP contribution < -0.4 is 0 Å². The predicted molar refractivity (Wildman–Crippen MR) is 60.9 cm³/mol. The van der Waals surface area contributed by atoms with Crippen LogP contribution in [0, 0.1) is 6.92 Å². The number of hydrogen-bond donors (Lipinski definition) is 1. The Bertz CT molecular complexity index is 492. The van der Waals surface area contributed by atoms with Crippen molar-refractivity contribution in [2.75, 3.05) is 0 Å². The summed E-state index contributed by atoms with van der Waals surface area (Å²) >= 11 is 6.08. The molecule has 0 aliphatic rings. The maximum atomic E-state index is 12.9. The fraction of sp³-hybridized carbons (Fsp3) is 0.167. The van der Waals surface area contributed by atoms with E-state index >= 15 is 0 Å². The van der Waals surface area contributed by atoms with E-state index in [0.29, 0.717) is 16.3 Å². The SMILES string of the molecule is Cc1ccc(C(F)F)c(-c2ccc[nH]2)c1Cl. The first-order valence-corrected chi connectivity index (χ1v) is 5.20. The molecule has 0 saturated heterocycles. The number of aromatic nitrogens is 1. The Morgan fingerprint density at radius 2 is 2.00 bits per heavy atom. The van der Waals surface area contributed by atoms with E-state index in [1.54, 1.807) is 31.3 Å². The number of H-pyrrole nitrogens is 1. The second kappa shape index (κ2) is 4.26. The summed E-state index contributed by atoms with van der Waals surface area (Å²) in [5.74, 6) is 0. The molecule has 1 aromatic heterocycles. The van der Waals surface area contributed by atoms with E-state index in [0.717, 1.165) is 5.56 Å². The van der Waals surface area contributed by atoms with Crippen molar-refractivity contribution in [3.63, 3.8) is 0 Å². The van der Waals surface area contributed by atoms with Crippen molar-refractivity contribution in [1.82, 2.24) is 4.98 Å². The van der Waals surface area contributed by atoms with Crippen LogP contribution in [0.4, 0.5) is 8.78 Å². The Morgan fingerprint density at radius 1 is 1.25 bits per heavy atom. The highest BCUT2D eigenvalue weighted by molar-refractivity contribution is 6.34. The summed E-state index contributed by atoms with van der Waals surface area (Å²) in [4.78, 5) is 2.90. The van der Waals surface area contributed by atoms with Crippen molar-refractivity contribution in [2.45, 2.75) is 13.3 Å². The molecule has 0 amide bonds. The third-order valence-corrected chi connectivity index (χ3v) is 2.96. The van der Waals surface area contributed by atoms with Gasteiger partial charge in [-0.05, 0) is 24.6 Å². The Balaban J connectivity index is 2.69. The zero-order chi connectivity index (χ0) is 11.7. The fourth-order valence-corrected chi connectivity index (χ4v) is 1.91. The molecule has 1 heterocycles. The van der Waals surface area contributed by atoms with Crippen molar-refractivity contribution in [2.24, 2.45) is 0 Å². The monoisotopic (exact) mass is 241 g/mol. The summed E-state index contributed by atoms with van der Waals surface area (Å²) < 4.78 is 25.7. The minimum atomic E-state index is -2.53. The summed E-state index contributed by atoms with van der Waals surface area (Å²) in [6.07, 6.45) is -0.847. The molecule has 0 spiro atoms. The van der Waals surface area contributed by atoms with Crippen molar-refractivity contribution >= 4 is 11.6 Å². The maximum Gasteiger partial charge on any atom is 0.264 e. The first kappa shape index (κ1) is 11.1. The fourth-order valence-electron chi connectivity index (χ4n) is 1.64. The van der Waals surface area contributed by atoms with E-state index in [2.05, 4.69) is 4.98 Å². The van der Waals surface area contributed by atoms with Gasteiger partial charge in [-0.2, -0.15) is 0 Å². The van der Waals surface area contributed by atoms with Crippen molar-refractivity contribution in [1.29, 1.82) is 0 Å². The minimum Gasteiger partial charge on any atom is -0.361 e. The molecule has 0 saturated carbocycles. The van der Waals surface area contributed by atoms with Gasteiger partial charge >= 0.3 is 0 Å². The molecule has 2 rings (SSSR count). The standard InChI is InChI=1S/C12H10ClF2N/c1-7-4-5-8(12(14)15)10(11(7)13)9-3-2-6-16-9/h2-6,12,16H,1H3. The molecule has 0 fully saturated rings. The van der Waals surface area contributed by atoms with Gasteiger partial charge in [-0.3, -0.25) is 0 Å². The highest BCUT2D eigenvalue weighted by Gasteiger charge is 2.18. The van der Waals surface area contributed by atoms with Crippen molar-refractivity contribution < 1.29 is 8.78 Å². The topological polar surface area (TPSA) is 15.8 Å². The molecule has 0 unspecified atom stereocenters. The van der Waals surface area contributed by atoms with Gasteiger partial charge < -0.3 is 4.98 Å². The highest BCUT2D eigenvalue weighted by Crippen LogP contribution is 2.37. The Kier molecular flexibility index (Phi) is 2.97. The molecule has 16 heavy (non-hydrogen) atoms. The Morgan fingerprint density at radius 3 is 2.56 bits per heavy atom. The molecule has 1 aromatic carbocycles. The molecular weight excluding hydrogens is 232 g/mol. The number of aryl methyl sites for hydroxylation is 1. The molecule has 1 nitrogen and oxygen atoms in total. The van der Waals surface area contributed by atoms with E-state index in [4.69, 9.17) is 11.6 Å². The Hall–Kier alpha value is -1.35. The summed E-state index contributed by atoms with van der Waals surface area (Å²) in [5.41, 5.74) is 1.75. The van der Waals surface area contributed by atoms with Crippen LogP contribution in [-0.2, 0) is 0 Å². The van der Waals surface area contributed by atoms with Crippen LogP contribution in [0.3, 0.4) is 0 Å². The van der Waals surface area contributed by atoms with Crippen LogP contribution in [0.15, 0.2) is 30.5 Å². The number of nitrogens with one attached hydrogen (secondary N) is 1. The first-order valence-electron chi connectivity index (χ1n) is 4.82. The van der Waals surface area contributed by atoms with Gasteiger partial charge in [0, 0.05) is 23.0 Å². The molecule has 84 valence electrons. The van der Waals surface area contributed by atoms with Gasteiger partial charge in [0.2, 0.25) is 0 Å². The molecule has 0 radical (unpaired) electrons. The smallest absolute Gasteiger partial charge is 0.264 e. The minimum absolute atomic E-state index is 0.0435. The lowest BCUT2D eigenvalue weighted by atomic mass is 10.0. The second-order valence-corrected chi connectivity index (χ2v) is 3.92. The van der Waals surface area contributed by atoms with Crippen LogP contribution in [0.25, 0.3) is 11.3 Å². The Labute approximate surface area is 97.1 Å². The maximum absolute atomic E-state index is 12.9. The number of benzene rings is 1.